The van der Waals surface area contributed by atoms with Crippen LogP contribution in [-0.4, -0.2) is 80.6 Å². The molecule has 324 valence electrons. The van der Waals surface area contributed by atoms with Gasteiger partial charge in [0.2, 0.25) is 0 Å². The minimum absolute atomic E-state index is 0.0508. The predicted octanol–water partition coefficient (Wildman–Crippen LogP) is 12.7. The maximum absolute atomic E-state index is 12.7. The Morgan fingerprint density at radius 1 is 0.527 bits per heavy atom. The molecule has 0 aromatic heterocycles. The summed E-state index contributed by atoms with van der Waals surface area (Å²) in [5.41, 5.74) is 0. The van der Waals surface area contributed by atoms with Gasteiger partial charge in [0.1, 0.15) is 6.61 Å². The highest BCUT2D eigenvalue weighted by molar-refractivity contribution is 5.72. The van der Waals surface area contributed by atoms with Crippen LogP contribution in [0.25, 0.3) is 0 Å². The van der Waals surface area contributed by atoms with E-state index in [1.165, 1.54) is 135 Å². The van der Waals surface area contributed by atoms with E-state index in [9.17, 15) is 19.5 Å². The summed E-state index contributed by atoms with van der Waals surface area (Å²) in [5.74, 6) is -1.47. The van der Waals surface area contributed by atoms with Gasteiger partial charge in [-0.25, -0.2) is 4.79 Å². The van der Waals surface area contributed by atoms with Crippen molar-refractivity contribution in [3.63, 3.8) is 0 Å². The molecule has 8 nitrogen and oxygen atoms in total. The predicted molar refractivity (Wildman–Crippen MR) is 229 cm³/mol. The van der Waals surface area contributed by atoms with Gasteiger partial charge in [0, 0.05) is 19.3 Å². The van der Waals surface area contributed by atoms with Crippen molar-refractivity contribution in [2.75, 3.05) is 41.0 Å². The van der Waals surface area contributed by atoms with Crippen LogP contribution < -0.4 is 0 Å². The number of hydrogen-bond donors (Lipinski definition) is 1. The fraction of sp³-hybridized carbons (Fsp3) is 0.894. The number of esters is 2. The van der Waals surface area contributed by atoms with Crippen molar-refractivity contribution in [1.82, 2.24) is 0 Å². The number of rotatable bonds is 42. The summed E-state index contributed by atoms with van der Waals surface area (Å²) in [7, 11) is 5.53. The number of hydrogen-bond acceptors (Lipinski definition) is 6. The number of unbranched alkanes of at least 4 members (excludes halogenated alkanes) is 26. The molecule has 1 N–H and O–H groups in total. The lowest BCUT2D eigenvalue weighted by Crippen LogP contribution is -2.50. The Morgan fingerprint density at radius 2 is 0.909 bits per heavy atom. The molecule has 0 fully saturated rings. The highest BCUT2D eigenvalue weighted by Gasteiger charge is 2.31. The quantitative estimate of drug-likeness (QED) is 0.0285. The maximum atomic E-state index is 12.7. The number of nitrogens with zero attached hydrogens (tertiary/aromatic N) is 1. The molecule has 0 aromatic rings. The van der Waals surface area contributed by atoms with Crippen molar-refractivity contribution in [3.8, 4) is 0 Å². The second-order valence-electron chi connectivity index (χ2n) is 17.0. The van der Waals surface area contributed by atoms with E-state index in [1.807, 2.05) is 21.1 Å². The SMILES string of the molecule is CCCCCCCCC/C=C/CCCCCC(=O)OC(COCCC(C(=O)O)[N+](C)(C)C)COC(=O)CCCCCCCCCCCCCCCCCCC. The third-order valence-corrected chi connectivity index (χ3v) is 10.7. The Morgan fingerprint density at radius 3 is 1.33 bits per heavy atom. The van der Waals surface area contributed by atoms with E-state index in [4.69, 9.17) is 14.2 Å². The monoisotopic (exact) mass is 781 g/mol. The Balaban J connectivity index is 4.29. The zero-order chi connectivity index (χ0) is 40.7. The maximum Gasteiger partial charge on any atom is 0.362 e. The van der Waals surface area contributed by atoms with E-state index < -0.39 is 18.1 Å². The Labute approximate surface area is 339 Å². The second-order valence-corrected chi connectivity index (χ2v) is 17.0. The molecule has 0 aromatic carbocycles. The largest absolute Gasteiger partial charge is 0.477 e. The lowest BCUT2D eigenvalue weighted by molar-refractivity contribution is -0.887. The van der Waals surface area contributed by atoms with Gasteiger partial charge >= 0.3 is 17.9 Å². The molecule has 0 saturated carbocycles. The zero-order valence-corrected chi connectivity index (χ0v) is 36.9. The van der Waals surface area contributed by atoms with Crippen molar-refractivity contribution in [2.24, 2.45) is 0 Å². The molecular weight excluding hydrogens is 691 g/mol. The van der Waals surface area contributed by atoms with E-state index >= 15 is 0 Å². The summed E-state index contributed by atoms with van der Waals surface area (Å²) in [6.07, 6.45) is 41.1. The molecular formula is C47H90NO7+. The smallest absolute Gasteiger partial charge is 0.362 e. The van der Waals surface area contributed by atoms with Gasteiger partial charge in [0.25, 0.3) is 0 Å². The van der Waals surface area contributed by atoms with Crippen LogP contribution in [-0.2, 0) is 28.6 Å². The topological polar surface area (TPSA) is 99.1 Å². The summed E-state index contributed by atoms with van der Waals surface area (Å²) >= 11 is 0. The summed E-state index contributed by atoms with van der Waals surface area (Å²) < 4.78 is 17.3. The van der Waals surface area contributed by atoms with Crippen molar-refractivity contribution < 1.29 is 38.2 Å². The van der Waals surface area contributed by atoms with Crippen molar-refractivity contribution in [1.29, 1.82) is 0 Å². The number of likely N-dealkylation sites (N-methyl/N-ethyl adjacent to an activating group) is 1. The van der Waals surface area contributed by atoms with Gasteiger partial charge in [-0.2, -0.15) is 0 Å². The summed E-state index contributed by atoms with van der Waals surface area (Å²) in [6, 6.07) is -0.612. The highest BCUT2D eigenvalue weighted by atomic mass is 16.6. The summed E-state index contributed by atoms with van der Waals surface area (Å²) in [6.45, 7) is 4.75. The van der Waals surface area contributed by atoms with Crippen LogP contribution in [0.5, 0.6) is 0 Å². The Bertz CT molecular complexity index is 915. The van der Waals surface area contributed by atoms with Crippen molar-refractivity contribution >= 4 is 17.9 Å². The Kier molecular flexibility index (Phi) is 37.6. The number of carbonyl (C=O) groups is 3. The number of ether oxygens (including phenoxy) is 3. The lowest BCUT2D eigenvalue weighted by atomic mass is 10.0. The van der Waals surface area contributed by atoms with Crippen LogP contribution in [0.4, 0.5) is 0 Å². The number of quaternary nitrogens is 1. The molecule has 0 rings (SSSR count). The average molecular weight is 781 g/mol. The number of carboxylic acids is 1. The van der Waals surface area contributed by atoms with E-state index in [0.717, 1.165) is 51.4 Å². The Hall–Kier alpha value is -1.93. The van der Waals surface area contributed by atoms with Crippen LogP contribution in [0.1, 0.15) is 219 Å². The molecule has 0 amide bonds. The second kappa shape index (κ2) is 38.9. The zero-order valence-electron chi connectivity index (χ0n) is 36.9. The number of allylic oxidation sites excluding steroid dienone is 2. The van der Waals surface area contributed by atoms with E-state index in [0.29, 0.717) is 19.3 Å². The molecule has 2 unspecified atom stereocenters. The number of aliphatic carboxylic acids is 1. The molecule has 0 heterocycles. The highest BCUT2D eigenvalue weighted by Crippen LogP contribution is 2.16. The molecule has 0 bridgehead atoms. The normalized spacial score (nSPS) is 13.0. The van der Waals surface area contributed by atoms with Crippen LogP contribution in [0.3, 0.4) is 0 Å². The molecule has 0 spiro atoms. The fourth-order valence-electron chi connectivity index (χ4n) is 7.03. The first-order chi connectivity index (χ1) is 26.6. The first kappa shape index (κ1) is 53.1. The molecule has 8 heteroatoms. The third kappa shape index (κ3) is 37.4. The van der Waals surface area contributed by atoms with Gasteiger partial charge in [0.15, 0.2) is 12.1 Å². The average Bonchev–Trinajstić information content (AvgIpc) is 3.14. The van der Waals surface area contributed by atoms with Crippen LogP contribution in [0.2, 0.25) is 0 Å². The van der Waals surface area contributed by atoms with Gasteiger partial charge in [-0.3, -0.25) is 9.59 Å². The van der Waals surface area contributed by atoms with Crippen molar-refractivity contribution in [2.45, 2.75) is 231 Å². The van der Waals surface area contributed by atoms with Crippen LogP contribution in [0.15, 0.2) is 12.2 Å². The van der Waals surface area contributed by atoms with E-state index in [2.05, 4.69) is 26.0 Å². The first-order valence-electron chi connectivity index (χ1n) is 23.2. The molecule has 2 atom stereocenters. The van der Waals surface area contributed by atoms with E-state index in [1.54, 1.807) is 0 Å². The van der Waals surface area contributed by atoms with Gasteiger partial charge in [0.05, 0.1) is 34.4 Å². The number of carboxylic acid groups (broad SMARTS) is 1. The lowest BCUT2D eigenvalue weighted by Gasteiger charge is -2.31. The fourth-order valence-corrected chi connectivity index (χ4v) is 7.03. The van der Waals surface area contributed by atoms with E-state index in [-0.39, 0.29) is 36.2 Å². The molecule has 0 saturated heterocycles. The van der Waals surface area contributed by atoms with Gasteiger partial charge < -0.3 is 23.8 Å². The first-order valence-corrected chi connectivity index (χ1v) is 23.2. The van der Waals surface area contributed by atoms with Gasteiger partial charge in [-0.05, 0) is 38.5 Å². The molecule has 0 aliphatic rings. The van der Waals surface area contributed by atoms with Crippen LogP contribution in [0, 0.1) is 0 Å². The molecule has 0 aliphatic carbocycles. The molecule has 55 heavy (non-hydrogen) atoms. The van der Waals surface area contributed by atoms with Crippen molar-refractivity contribution in [3.05, 3.63) is 12.2 Å². The van der Waals surface area contributed by atoms with Gasteiger partial charge in [-0.15, -0.1) is 0 Å². The summed E-state index contributed by atoms with van der Waals surface area (Å²) in [5, 5.41) is 9.62. The van der Waals surface area contributed by atoms with Gasteiger partial charge in [-0.1, -0.05) is 174 Å². The summed E-state index contributed by atoms with van der Waals surface area (Å²) in [4.78, 5) is 37.0. The minimum atomic E-state index is -0.874. The molecule has 0 radical (unpaired) electrons. The third-order valence-electron chi connectivity index (χ3n) is 10.7. The minimum Gasteiger partial charge on any atom is -0.477 e. The number of carbonyl (C=O) groups excluding carboxylic acids is 2. The molecule has 0 aliphatic heterocycles. The standard InChI is InChI=1S/C47H89NO7/c1-6-8-10-12-14-16-18-20-22-23-24-26-27-29-31-33-35-37-45(49)54-42-43(41-53-40-39-44(47(51)52)48(3,4)5)55-46(50)38-36-34-32-30-28-25-21-19-17-15-13-11-9-7-2/h25,28,43-44H,6-24,26-27,29-42H2,1-5H3/p+1/b28-25+. The van der Waals surface area contributed by atoms with Crippen LogP contribution >= 0.6 is 0 Å².